The van der Waals surface area contributed by atoms with Crippen molar-refractivity contribution < 1.29 is 28.8 Å². The molecule has 0 radical (unpaired) electrons. The number of carboxylic acid groups (broad SMARTS) is 1. The Balaban J connectivity index is 1.66. The van der Waals surface area contributed by atoms with Crippen molar-refractivity contribution in [3.63, 3.8) is 0 Å². The van der Waals surface area contributed by atoms with Gasteiger partial charge < -0.3 is 19.7 Å². The largest absolute Gasteiger partial charge is 0.494 e. The smallest absolute Gasteiger partial charge is 0.356 e. The Labute approximate surface area is 134 Å². The zero-order chi connectivity index (χ0) is 16.7. The molecule has 122 valence electrons. The lowest BCUT2D eigenvalue weighted by Crippen LogP contribution is -2.73. The third kappa shape index (κ3) is 2.63. The molecule has 9 nitrogen and oxygen atoms in total. The number of nitrogens with one attached hydrogen (secondary N) is 1. The summed E-state index contributed by atoms with van der Waals surface area (Å²) in [6.45, 7) is 1.60. The number of allylic oxidation sites excluding steroid dienone is 1. The summed E-state index contributed by atoms with van der Waals surface area (Å²) in [5, 5.41) is 15.3. The predicted octanol–water partition coefficient (Wildman–Crippen LogP) is -0.0876. The molecule has 2 atom stereocenters. The van der Waals surface area contributed by atoms with Crippen LogP contribution in [0.3, 0.4) is 0 Å². The van der Waals surface area contributed by atoms with Gasteiger partial charge in [0.05, 0.1) is 6.42 Å². The van der Waals surface area contributed by atoms with Crippen LogP contribution < -0.4 is 5.32 Å². The van der Waals surface area contributed by atoms with Gasteiger partial charge >= 0.3 is 5.97 Å². The van der Waals surface area contributed by atoms with E-state index in [4.69, 9.17) is 26.0 Å². The Morgan fingerprint density at radius 1 is 1.57 bits per heavy atom. The number of nitrogens with zero attached hydrogens (tertiary/aromatic N) is 2. The molecular weight excluding hydrogens is 330 g/mol. The third-order valence-corrected chi connectivity index (χ3v) is 3.83. The van der Waals surface area contributed by atoms with Crippen LogP contribution in [0.15, 0.2) is 22.0 Å². The number of aromatic nitrogens is 1. The molecule has 1 aromatic rings. The van der Waals surface area contributed by atoms with Crippen molar-refractivity contribution in [2.75, 3.05) is 6.61 Å². The van der Waals surface area contributed by atoms with Crippen LogP contribution in [-0.2, 0) is 25.5 Å². The van der Waals surface area contributed by atoms with Gasteiger partial charge in [-0.25, -0.2) is 4.79 Å². The van der Waals surface area contributed by atoms with Crippen LogP contribution in [0.1, 0.15) is 12.7 Å². The Bertz CT molecular complexity index is 727. The summed E-state index contributed by atoms with van der Waals surface area (Å²) in [4.78, 5) is 36.5. The lowest BCUT2D eigenvalue weighted by atomic mass is 9.92. The zero-order valence-electron chi connectivity index (χ0n) is 11.9. The topological polar surface area (TPSA) is 122 Å². The standard InChI is InChI=1S/C13H12ClN3O6/c1-5-11(13(20)21)17-7(4-22-5)10(12(17)19)15-9(18)3-6-2-8(14)16-23-6/h2,7,10H,3-4H2,1H3,(H,15,18)(H,20,21)/t7-,10+/m1/s1. The molecule has 0 spiro atoms. The normalized spacial score (nSPS) is 23.0. The van der Waals surface area contributed by atoms with Crippen LogP contribution in [0, 0.1) is 0 Å². The lowest BCUT2D eigenvalue weighted by Gasteiger charge is -2.49. The molecule has 2 N–H and O–H groups in total. The van der Waals surface area contributed by atoms with E-state index < -0.39 is 29.9 Å². The van der Waals surface area contributed by atoms with Gasteiger partial charge in [-0.2, -0.15) is 0 Å². The molecule has 1 saturated heterocycles. The van der Waals surface area contributed by atoms with Gasteiger partial charge in [0.25, 0.3) is 5.91 Å². The van der Waals surface area contributed by atoms with E-state index in [-0.39, 0.29) is 35.4 Å². The molecule has 2 aliphatic rings. The first kappa shape index (κ1) is 15.3. The number of amides is 2. The maximum absolute atomic E-state index is 12.1. The average molecular weight is 342 g/mol. The second-order valence-electron chi connectivity index (χ2n) is 5.13. The van der Waals surface area contributed by atoms with Crippen molar-refractivity contribution in [2.45, 2.75) is 25.4 Å². The minimum atomic E-state index is -1.25. The quantitative estimate of drug-likeness (QED) is 0.734. The van der Waals surface area contributed by atoms with Crippen molar-refractivity contribution in [3.05, 3.63) is 28.4 Å². The van der Waals surface area contributed by atoms with Crippen LogP contribution >= 0.6 is 11.6 Å². The second kappa shape index (κ2) is 5.58. The molecule has 23 heavy (non-hydrogen) atoms. The van der Waals surface area contributed by atoms with Crippen LogP contribution in [0.4, 0.5) is 0 Å². The van der Waals surface area contributed by atoms with Crippen molar-refractivity contribution in [1.29, 1.82) is 0 Å². The number of carboxylic acids is 1. The summed E-state index contributed by atoms with van der Waals surface area (Å²) in [6, 6.07) is 0.0249. The monoisotopic (exact) mass is 341 g/mol. The SMILES string of the molecule is CC1=C(C(=O)O)N2C(=O)[C@@H](NC(=O)Cc3cc(Cl)no3)[C@H]2CO1. The molecule has 0 bridgehead atoms. The fourth-order valence-electron chi connectivity index (χ4n) is 2.61. The van der Waals surface area contributed by atoms with Gasteiger partial charge in [-0.3, -0.25) is 14.5 Å². The van der Waals surface area contributed by atoms with Crippen molar-refractivity contribution in [2.24, 2.45) is 0 Å². The Morgan fingerprint density at radius 2 is 2.30 bits per heavy atom. The third-order valence-electron chi connectivity index (χ3n) is 3.65. The van der Waals surface area contributed by atoms with E-state index in [0.717, 1.165) is 4.90 Å². The highest BCUT2D eigenvalue weighted by atomic mass is 35.5. The van der Waals surface area contributed by atoms with Crippen molar-refractivity contribution in [3.8, 4) is 0 Å². The molecule has 0 aromatic carbocycles. The highest BCUT2D eigenvalue weighted by Gasteiger charge is 2.54. The molecular formula is C13H12ClN3O6. The van der Waals surface area contributed by atoms with Gasteiger partial charge in [0.2, 0.25) is 5.91 Å². The van der Waals surface area contributed by atoms with E-state index in [0.29, 0.717) is 0 Å². The molecule has 0 saturated carbocycles. The van der Waals surface area contributed by atoms with E-state index in [9.17, 15) is 14.4 Å². The van der Waals surface area contributed by atoms with Crippen LogP contribution in [0.25, 0.3) is 0 Å². The summed E-state index contributed by atoms with van der Waals surface area (Å²) in [6.07, 6.45) is -0.127. The summed E-state index contributed by atoms with van der Waals surface area (Å²) in [7, 11) is 0. The first-order valence-corrected chi connectivity index (χ1v) is 7.06. The molecule has 1 aromatic heterocycles. The number of carbonyl (C=O) groups is 3. The molecule has 0 aliphatic carbocycles. The number of fused-ring (bicyclic) bond motifs is 1. The number of carbonyl (C=O) groups excluding carboxylic acids is 2. The fraction of sp³-hybridized carbons (Fsp3) is 0.385. The number of hydrogen-bond donors (Lipinski definition) is 2. The van der Waals surface area contributed by atoms with Gasteiger partial charge in [0, 0.05) is 6.07 Å². The minimum Gasteiger partial charge on any atom is -0.494 e. The van der Waals surface area contributed by atoms with Gasteiger partial charge in [0.15, 0.2) is 10.9 Å². The Kier molecular flexibility index (Phi) is 3.72. The second-order valence-corrected chi connectivity index (χ2v) is 5.52. The molecule has 2 amide bonds. The van der Waals surface area contributed by atoms with Gasteiger partial charge in [-0.1, -0.05) is 16.8 Å². The number of rotatable bonds is 4. The molecule has 0 unspecified atom stereocenters. The number of β-lactam (4-membered cyclic amide) rings is 1. The first-order chi connectivity index (χ1) is 10.9. The molecule has 3 rings (SSSR count). The molecule has 10 heteroatoms. The zero-order valence-corrected chi connectivity index (χ0v) is 12.7. The maximum Gasteiger partial charge on any atom is 0.356 e. The van der Waals surface area contributed by atoms with E-state index in [1.54, 1.807) is 0 Å². The van der Waals surface area contributed by atoms with E-state index in [1.165, 1.54) is 13.0 Å². The van der Waals surface area contributed by atoms with E-state index in [2.05, 4.69) is 10.5 Å². The maximum atomic E-state index is 12.1. The molecule has 1 fully saturated rings. The number of hydrogen-bond acceptors (Lipinski definition) is 6. The summed E-state index contributed by atoms with van der Waals surface area (Å²) in [5.74, 6) is -1.76. The number of aliphatic carboxylic acids is 1. The van der Waals surface area contributed by atoms with Gasteiger partial charge in [-0.05, 0) is 6.92 Å². The van der Waals surface area contributed by atoms with E-state index >= 15 is 0 Å². The minimum absolute atomic E-state index is 0.118. The van der Waals surface area contributed by atoms with Crippen molar-refractivity contribution in [1.82, 2.24) is 15.4 Å². The summed E-state index contributed by atoms with van der Waals surface area (Å²) >= 11 is 5.59. The van der Waals surface area contributed by atoms with Gasteiger partial charge in [0.1, 0.15) is 30.2 Å². The number of halogens is 1. The highest BCUT2D eigenvalue weighted by molar-refractivity contribution is 6.29. The summed E-state index contributed by atoms with van der Waals surface area (Å²) in [5.41, 5.74) is -0.196. The first-order valence-electron chi connectivity index (χ1n) is 6.69. The molecule has 2 aliphatic heterocycles. The number of ether oxygens (including phenoxy) is 1. The van der Waals surface area contributed by atoms with E-state index in [1.807, 2.05) is 0 Å². The van der Waals surface area contributed by atoms with Crippen molar-refractivity contribution >= 4 is 29.4 Å². The fourth-order valence-corrected chi connectivity index (χ4v) is 2.76. The van der Waals surface area contributed by atoms with Gasteiger partial charge in [-0.15, -0.1) is 0 Å². The van der Waals surface area contributed by atoms with Crippen LogP contribution in [-0.4, -0.2) is 51.6 Å². The Hall–Kier alpha value is -2.55. The predicted molar refractivity (Wildman–Crippen MR) is 74.1 cm³/mol. The highest BCUT2D eigenvalue weighted by Crippen LogP contribution is 2.32. The summed E-state index contributed by atoms with van der Waals surface area (Å²) < 4.78 is 10.1. The average Bonchev–Trinajstić information content (AvgIpc) is 2.89. The Morgan fingerprint density at radius 3 is 2.91 bits per heavy atom. The molecule has 3 heterocycles. The van der Waals surface area contributed by atoms with Crippen LogP contribution in [0.5, 0.6) is 0 Å². The van der Waals surface area contributed by atoms with Crippen LogP contribution in [0.2, 0.25) is 5.15 Å². The lowest BCUT2D eigenvalue weighted by molar-refractivity contribution is -0.160.